The van der Waals surface area contributed by atoms with Gasteiger partial charge in [-0.05, 0) is 36.9 Å². The number of hydrogen-bond donors (Lipinski definition) is 1. The molecule has 1 amide bonds. The molecule has 1 N–H and O–H groups in total. The molecule has 19 heavy (non-hydrogen) atoms. The normalized spacial score (nSPS) is 26.6. The van der Waals surface area contributed by atoms with Gasteiger partial charge in [0.15, 0.2) is 0 Å². The average molecular weight is 256 g/mol. The molecule has 0 bridgehead atoms. The quantitative estimate of drug-likeness (QED) is 0.820. The van der Waals surface area contributed by atoms with Crippen LogP contribution in [0.15, 0.2) is 36.4 Å². The van der Waals surface area contributed by atoms with Gasteiger partial charge in [-0.1, -0.05) is 30.3 Å². The summed E-state index contributed by atoms with van der Waals surface area (Å²) in [5.74, 6) is 0.794. The molecule has 2 heterocycles. The summed E-state index contributed by atoms with van der Waals surface area (Å²) in [5.41, 5.74) is 1.07. The zero-order chi connectivity index (χ0) is 13.1. The van der Waals surface area contributed by atoms with Crippen molar-refractivity contribution in [1.29, 1.82) is 0 Å². The van der Waals surface area contributed by atoms with Crippen molar-refractivity contribution in [1.82, 2.24) is 10.2 Å². The Bertz CT molecular complexity index is 455. The third-order valence-corrected chi connectivity index (χ3v) is 4.13. The summed E-state index contributed by atoms with van der Waals surface area (Å²) in [6.45, 7) is 2.88. The van der Waals surface area contributed by atoms with E-state index in [4.69, 9.17) is 0 Å². The van der Waals surface area contributed by atoms with E-state index in [1.165, 1.54) is 12.8 Å². The van der Waals surface area contributed by atoms with E-state index in [1.807, 2.05) is 41.3 Å². The van der Waals surface area contributed by atoms with Crippen LogP contribution in [0.2, 0.25) is 0 Å². The minimum absolute atomic E-state index is 0.139. The number of amides is 1. The minimum atomic E-state index is 0.139. The Morgan fingerprint density at radius 1 is 1.26 bits per heavy atom. The first-order valence-electron chi connectivity index (χ1n) is 7.08. The summed E-state index contributed by atoms with van der Waals surface area (Å²) in [7, 11) is 0. The number of hydrogen-bond acceptors (Lipinski definition) is 2. The highest BCUT2D eigenvalue weighted by atomic mass is 16.2. The fourth-order valence-corrected chi connectivity index (χ4v) is 3.06. The standard InChI is InChI=1S/C16H20N2O/c19-16(9-8-13-5-2-1-3-6-13)18-11-14-7-4-10-17-15(14)12-18/h1-3,5-6,8-9,14-15,17H,4,7,10-12H2/b9-8+. The highest BCUT2D eigenvalue weighted by molar-refractivity contribution is 5.92. The van der Waals surface area contributed by atoms with Crippen molar-refractivity contribution < 1.29 is 4.79 Å². The van der Waals surface area contributed by atoms with Crippen molar-refractivity contribution in [3.8, 4) is 0 Å². The molecule has 1 aromatic carbocycles. The summed E-state index contributed by atoms with van der Waals surface area (Å²) in [4.78, 5) is 14.2. The van der Waals surface area contributed by atoms with Gasteiger partial charge in [-0.15, -0.1) is 0 Å². The Labute approximate surface area is 114 Å². The van der Waals surface area contributed by atoms with E-state index < -0.39 is 0 Å². The molecule has 0 saturated carbocycles. The molecule has 2 aliphatic rings. The van der Waals surface area contributed by atoms with Gasteiger partial charge in [0.05, 0.1) is 0 Å². The lowest BCUT2D eigenvalue weighted by molar-refractivity contribution is -0.125. The fourth-order valence-electron chi connectivity index (χ4n) is 3.06. The van der Waals surface area contributed by atoms with Gasteiger partial charge in [-0.25, -0.2) is 0 Å². The smallest absolute Gasteiger partial charge is 0.246 e. The summed E-state index contributed by atoms with van der Waals surface area (Å²) in [6.07, 6.45) is 6.09. The fraction of sp³-hybridized carbons (Fsp3) is 0.438. The predicted octanol–water partition coefficient (Wildman–Crippen LogP) is 1.91. The van der Waals surface area contributed by atoms with Gasteiger partial charge in [-0.2, -0.15) is 0 Å². The van der Waals surface area contributed by atoms with Crippen molar-refractivity contribution >= 4 is 12.0 Å². The van der Waals surface area contributed by atoms with Gasteiger partial charge in [-0.3, -0.25) is 4.79 Å². The number of likely N-dealkylation sites (tertiary alicyclic amines) is 1. The van der Waals surface area contributed by atoms with Gasteiger partial charge >= 0.3 is 0 Å². The maximum absolute atomic E-state index is 12.2. The van der Waals surface area contributed by atoms with Gasteiger partial charge in [0.25, 0.3) is 0 Å². The van der Waals surface area contributed by atoms with Crippen LogP contribution in [0.4, 0.5) is 0 Å². The second-order valence-electron chi connectivity index (χ2n) is 5.45. The molecule has 0 aromatic heterocycles. The highest BCUT2D eigenvalue weighted by Crippen LogP contribution is 2.25. The van der Waals surface area contributed by atoms with E-state index in [-0.39, 0.29) is 5.91 Å². The average Bonchev–Trinajstić information content (AvgIpc) is 2.90. The predicted molar refractivity (Wildman–Crippen MR) is 76.6 cm³/mol. The number of benzene rings is 1. The maximum Gasteiger partial charge on any atom is 0.246 e. The SMILES string of the molecule is O=C(/C=C/c1ccccc1)N1CC2CCCNC2C1. The molecule has 3 rings (SSSR count). The Hall–Kier alpha value is -1.61. The van der Waals surface area contributed by atoms with Crippen LogP contribution in [0.1, 0.15) is 18.4 Å². The van der Waals surface area contributed by atoms with E-state index in [9.17, 15) is 4.79 Å². The van der Waals surface area contributed by atoms with Crippen molar-refractivity contribution in [2.45, 2.75) is 18.9 Å². The van der Waals surface area contributed by atoms with E-state index in [0.29, 0.717) is 12.0 Å². The molecule has 3 heteroatoms. The van der Waals surface area contributed by atoms with Crippen molar-refractivity contribution in [3.63, 3.8) is 0 Å². The monoisotopic (exact) mass is 256 g/mol. The molecule has 2 unspecified atom stereocenters. The molecule has 2 atom stereocenters. The first-order chi connectivity index (χ1) is 9.33. The van der Waals surface area contributed by atoms with Crippen LogP contribution in [0.5, 0.6) is 0 Å². The van der Waals surface area contributed by atoms with Crippen molar-refractivity contribution in [2.24, 2.45) is 5.92 Å². The maximum atomic E-state index is 12.2. The zero-order valence-corrected chi connectivity index (χ0v) is 11.1. The summed E-state index contributed by atoms with van der Waals surface area (Å²) < 4.78 is 0. The summed E-state index contributed by atoms with van der Waals surface area (Å²) >= 11 is 0. The first-order valence-corrected chi connectivity index (χ1v) is 7.08. The largest absolute Gasteiger partial charge is 0.337 e. The van der Waals surface area contributed by atoms with Gasteiger partial charge in [0.2, 0.25) is 5.91 Å². The Morgan fingerprint density at radius 3 is 2.89 bits per heavy atom. The molecule has 2 aliphatic heterocycles. The topological polar surface area (TPSA) is 32.3 Å². The van der Waals surface area contributed by atoms with Crippen LogP contribution in [0.25, 0.3) is 6.08 Å². The molecule has 0 aliphatic carbocycles. The third-order valence-electron chi connectivity index (χ3n) is 4.13. The van der Waals surface area contributed by atoms with Crippen LogP contribution >= 0.6 is 0 Å². The second-order valence-corrected chi connectivity index (χ2v) is 5.45. The van der Waals surface area contributed by atoms with Crippen molar-refractivity contribution in [2.75, 3.05) is 19.6 Å². The zero-order valence-electron chi connectivity index (χ0n) is 11.1. The van der Waals surface area contributed by atoms with Gasteiger partial charge in [0, 0.05) is 25.2 Å². The molecule has 2 saturated heterocycles. The second kappa shape index (κ2) is 5.57. The van der Waals surface area contributed by atoms with Crippen LogP contribution < -0.4 is 5.32 Å². The number of fused-ring (bicyclic) bond motifs is 1. The molecule has 1 aromatic rings. The lowest BCUT2D eigenvalue weighted by Gasteiger charge is -2.24. The van der Waals surface area contributed by atoms with Crippen LogP contribution in [0.3, 0.4) is 0 Å². The molecule has 0 radical (unpaired) electrons. The molecule has 0 spiro atoms. The Morgan fingerprint density at radius 2 is 2.11 bits per heavy atom. The Kier molecular flexibility index (Phi) is 3.65. The molecular formula is C16H20N2O. The number of carbonyl (C=O) groups excluding carboxylic acids is 1. The van der Waals surface area contributed by atoms with Crippen LogP contribution in [-0.2, 0) is 4.79 Å². The molecule has 3 nitrogen and oxygen atoms in total. The molecule has 2 fully saturated rings. The summed E-state index contributed by atoms with van der Waals surface area (Å²) in [6, 6.07) is 10.5. The van der Waals surface area contributed by atoms with Crippen LogP contribution in [-0.4, -0.2) is 36.5 Å². The molecule has 100 valence electrons. The van der Waals surface area contributed by atoms with E-state index in [0.717, 1.165) is 25.2 Å². The van der Waals surface area contributed by atoms with E-state index >= 15 is 0 Å². The van der Waals surface area contributed by atoms with Crippen LogP contribution in [0, 0.1) is 5.92 Å². The number of carbonyl (C=O) groups is 1. The van der Waals surface area contributed by atoms with Crippen molar-refractivity contribution in [3.05, 3.63) is 42.0 Å². The highest BCUT2D eigenvalue weighted by Gasteiger charge is 2.35. The Balaban J connectivity index is 1.61. The molecular weight excluding hydrogens is 236 g/mol. The lowest BCUT2D eigenvalue weighted by Crippen LogP contribution is -2.40. The number of piperidine rings is 1. The van der Waals surface area contributed by atoms with E-state index in [2.05, 4.69) is 5.32 Å². The lowest BCUT2D eigenvalue weighted by atomic mass is 9.94. The van der Waals surface area contributed by atoms with E-state index in [1.54, 1.807) is 6.08 Å². The number of nitrogens with one attached hydrogen (secondary N) is 1. The first kappa shape index (κ1) is 12.4. The summed E-state index contributed by atoms with van der Waals surface area (Å²) in [5, 5.41) is 3.52. The van der Waals surface area contributed by atoms with Gasteiger partial charge < -0.3 is 10.2 Å². The van der Waals surface area contributed by atoms with Gasteiger partial charge in [0.1, 0.15) is 0 Å². The minimum Gasteiger partial charge on any atom is -0.337 e. The number of rotatable bonds is 2. The number of nitrogens with zero attached hydrogens (tertiary/aromatic N) is 1. The third kappa shape index (κ3) is 2.87.